The first kappa shape index (κ1) is 19.1. The maximum absolute atomic E-state index is 12.4. The summed E-state index contributed by atoms with van der Waals surface area (Å²) in [6, 6.07) is 17.4. The first-order chi connectivity index (χ1) is 13.6. The van der Waals surface area contributed by atoms with Crippen molar-refractivity contribution in [2.75, 3.05) is 12.4 Å². The van der Waals surface area contributed by atoms with Gasteiger partial charge in [-0.25, -0.2) is 4.79 Å². The van der Waals surface area contributed by atoms with E-state index in [0.717, 1.165) is 5.56 Å². The van der Waals surface area contributed by atoms with Crippen LogP contribution in [0.5, 0.6) is 0 Å². The van der Waals surface area contributed by atoms with Crippen molar-refractivity contribution < 1.29 is 14.3 Å². The molecule has 3 aromatic rings. The second-order valence-electron chi connectivity index (χ2n) is 5.77. The Labute approximate surface area is 167 Å². The molecule has 2 aromatic carbocycles. The van der Waals surface area contributed by atoms with E-state index in [0.29, 0.717) is 27.0 Å². The Balaban J connectivity index is 1.79. The SMILES string of the molecule is COC(=O)c1cccc(C#Cc2cccc(NC(=O)c3ccc[nH]c3=S)c2)c1. The Morgan fingerprint density at radius 2 is 1.71 bits per heavy atom. The van der Waals surface area contributed by atoms with E-state index in [1.807, 2.05) is 12.1 Å². The summed E-state index contributed by atoms with van der Waals surface area (Å²) in [6.07, 6.45) is 1.67. The van der Waals surface area contributed by atoms with Gasteiger partial charge in [-0.2, -0.15) is 0 Å². The van der Waals surface area contributed by atoms with Crippen LogP contribution >= 0.6 is 12.2 Å². The van der Waals surface area contributed by atoms with Crippen molar-refractivity contribution in [1.29, 1.82) is 0 Å². The summed E-state index contributed by atoms with van der Waals surface area (Å²) in [5, 5.41) is 2.81. The number of aromatic amines is 1. The molecule has 2 N–H and O–H groups in total. The molecular weight excluding hydrogens is 372 g/mol. The number of benzene rings is 2. The van der Waals surface area contributed by atoms with E-state index in [2.05, 4.69) is 22.1 Å². The highest BCUT2D eigenvalue weighted by molar-refractivity contribution is 7.71. The Morgan fingerprint density at radius 3 is 2.43 bits per heavy atom. The van der Waals surface area contributed by atoms with Gasteiger partial charge in [0, 0.05) is 23.0 Å². The van der Waals surface area contributed by atoms with E-state index in [4.69, 9.17) is 17.0 Å². The largest absolute Gasteiger partial charge is 0.465 e. The van der Waals surface area contributed by atoms with E-state index >= 15 is 0 Å². The van der Waals surface area contributed by atoms with E-state index in [9.17, 15) is 9.59 Å². The number of aromatic nitrogens is 1. The third kappa shape index (κ3) is 4.72. The molecule has 1 heterocycles. The minimum atomic E-state index is -0.410. The quantitative estimate of drug-likeness (QED) is 0.401. The van der Waals surface area contributed by atoms with Crippen molar-refractivity contribution in [3.63, 3.8) is 0 Å². The summed E-state index contributed by atoms with van der Waals surface area (Å²) >= 11 is 5.13. The number of nitrogens with one attached hydrogen (secondary N) is 2. The van der Waals surface area contributed by atoms with E-state index in [-0.39, 0.29) is 5.91 Å². The zero-order valence-electron chi connectivity index (χ0n) is 15.0. The number of carbonyl (C=O) groups excluding carboxylic acids is 2. The molecule has 0 aliphatic heterocycles. The highest BCUT2D eigenvalue weighted by Crippen LogP contribution is 2.13. The van der Waals surface area contributed by atoms with Crippen molar-refractivity contribution in [3.05, 3.63) is 93.8 Å². The van der Waals surface area contributed by atoms with Crippen LogP contribution in [0.3, 0.4) is 0 Å². The summed E-state index contributed by atoms with van der Waals surface area (Å²) < 4.78 is 5.09. The summed E-state index contributed by atoms with van der Waals surface area (Å²) in [5.41, 5.74) is 2.86. The molecule has 0 spiro atoms. The topological polar surface area (TPSA) is 71.2 Å². The smallest absolute Gasteiger partial charge is 0.337 e. The molecule has 5 nitrogen and oxygen atoms in total. The monoisotopic (exact) mass is 388 g/mol. The summed E-state index contributed by atoms with van der Waals surface area (Å²) in [6.45, 7) is 0. The van der Waals surface area contributed by atoms with Gasteiger partial charge < -0.3 is 15.0 Å². The number of methoxy groups -OCH3 is 1. The number of rotatable bonds is 3. The van der Waals surface area contributed by atoms with Gasteiger partial charge in [0.2, 0.25) is 0 Å². The number of hydrogen-bond donors (Lipinski definition) is 2. The van der Waals surface area contributed by atoms with Crippen LogP contribution in [0, 0.1) is 16.5 Å². The molecule has 0 saturated carbocycles. The fourth-order valence-electron chi connectivity index (χ4n) is 2.46. The summed E-state index contributed by atoms with van der Waals surface area (Å²) in [5.74, 6) is 5.34. The second kappa shape index (κ2) is 8.80. The van der Waals surface area contributed by atoms with Gasteiger partial charge in [-0.15, -0.1) is 0 Å². The normalized spacial score (nSPS) is 9.75. The first-order valence-corrected chi connectivity index (χ1v) is 8.77. The lowest BCUT2D eigenvalue weighted by atomic mass is 10.1. The van der Waals surface area contributed by atoms with Crippen molar-refractivity contribution in [1.82, 2.24) is 4.98 Å². The fraction of sp³-hybridized carbons (Fsp3) is 0.0455. The molecule has 0 saturated heterocycles. The second-order valence-corrected chi connectivity index (χ2v) is 6.18. The molecule has 0 fully saturated rings. The van der Waals surface area contributed by atoms with Crippen LogP contribution < -0.4 is 5.32 Å². The number of pyridine rings is 1. The van der Waals surface area contributed by atoms with E-state index < -0.39 is 5.97 Å². The number of esters is 1. The zero-order valence-corrected chi connectivity index (χ0v) is 15.8. The highest BCUT2D eigenvalue weighted by Gasteiger charge is 2.08. The Morgan fingerprint density at radius 1 is 1.00 bits per heavy atom. The summed E-state index contributed by atoms with van der Waals surface area (Å²) in [4.78, 5) is 26.8. The number of anilines is 1. The first-order valence-electron chi connectivity index (χ1n) is 8.36. The molecule has 0 unspecified atom stereocenters. The maximum Gasteiger partial charge on any atom is 0.337 e. The maximum atomic E-state index is 12.4. The molecule has 0 bridgehead atoms. The zero-order chi connectivity index (χ0) is 19.9. The third-order valence-electron chi connectivity index (χ3n) is 3.82. The van der Waals surface area contributed by atoms with Crippen molar-refractivity contribution in [2.24, 2.45) is 0 Å². The minimum absolute atomic E-state index is 0.294. The molecule has 1 aromatic heterocycles. The van der Waals surface area contributed by atoms with Gasteiger partial charge in [0.15, 0.2) is 0 Å². The predicted molar refractivity (Wildman–Crippen MR) is 110 cm³/mol. The number of hydrogen-bond acceptors (Lipinski definition) is 4. The molecule has 28 heavy (non-hydrogen) atoms. The lowest BCUT2D eigenvalue weighted by Crippen LogP contribution is -2.12. The Hall–Kier alpha value is -3.69. The van der Waals surface area contributed by atoms with Crippen LogP contribution in [0.1, 0.15) is 31.8 Å². The van der Waals surface area contributed by atoms with Crippen LogP contribution in [0.25, 0.3) is 0 Å². The molecular formula is C22H16N2O3S. The highest BCUT2D eigenvalue weighted by atomic mass is 32.1. The van der Waals surface area contributed by atoms with Gasteiger partial charge >= 0.3 is 5.97 Å². The number of H-pyrrole nitrogens is 1. The molecule has 0 aliphatic carbocycles. The molecule has 0 atom stereocenters. The molecule has 0 radical (unpaired) electrons. The van der Waals surface area contributed by atoms with E-state index in [1.165, 1.54) is 7.11 Å². The molecule has 138 valence electrons. The lowest BCUT2D eigenvalue weighted by Gasteiger charge is -2.05. The Kier molecular flexibility index (Phi) is 6.00. The average Bonchev–Trinajstić information content (AvgIpc) is 2.72. The standard InChI is InChI=1S/C22H16N2O3S/c1-27-22(26)17-7-2-5-15(13-17)10-11-16-6-3-8-18(14-16)24-20(25)19-9-4-12-23-21(19)28/h2-9,12-14H,1H3,(H,23,28)(H,24,25). The van der Waals surface area contributed by atoms with Crippen LogP contribution in [0.15, 0.2) is 66.9 Å². The third-order valence-corrected chi connectivity index (χ3v) is 4.16. The van der Waals surface area contributed by atoms with Gasteiger partial charge in [0.25, 0.3) is 5.91 Å². The average molecular weight is 388 g/mol. The number of carbonyl (C=O) groups is 2. The van der Waals surface area contributed by atoms with Crippen LogP contribution in [0.4, 0.5) is 5.69 Å². The number of amides is 1. The molecule has 0 aliphatic rings. The van der Waals surface area contributed by atoms with Crippen molar-refractivity contribution in [3.8, 4) is 11.8 Å². The van der Waals surface area contributed by atoms with Crippen molar-refractivity contribution in [2.45, 2.75) is 0 Å². The van der Waals surface area contributed by atoms with E-state index in [1.54, 1.807) is 54.7 Å². The van der Waals surface area contributed by atoms with Gasteiger partial charge in [0.05, 0.1) is 18.2 Å². The van der Waals surface area contributed by atoms with Crippen LogP contribution in [0.2, 0.25) is 0 Å². The van der Waals surface area contributed by atoms with Gasteiger partial charge in [0.1, 0.15) is 4.64 Å². The van der Waals surface area contributed by atoms with Crippen molar-refractivity contribution >= 4 is 29.8 Å². The Bertz CT molecular complexity index is 1160. The molecule has 3 rings (SSSR count). The molecule has 6 heteroatoms. The van der Waals surface area contributed by atoms with Crippen LogP contribution in [-0.4, -0.2) is 24.0 Å². The van der Waals surface area contributed by atoms with Gasteiger partial charge in [-0.3, -0.25) is 4.79 Å². The lowest BCUT2D eigenvalue weighted by molar-refractivity contribution is 0.0600. The fourth-order valence-corrected chi connectivity index (χ4v) is 2.69. The van der Waals surface area contributed by atoms with Gasteiger partial charge in [-0.1, -0.05) is 36.2 Å². The predicted octanol–water partition coefficient (Wildman–Crippen LogP) is 4.18. The summed E-state index contributed by atoms with van der Waals surface area (Å²) in [7, 11) is 1.34. The minimum Gasteiger partial charge on any atom is -0.465 e. The van der Waals surface area contributed by atoms with Gasteiger partial charge in [-0.05, 0) is 48.5 Å². The molecule has 1 amide bonds. The number of ether oxygens (including phenoxy) is 1. The van der Waals surface area contributed by atoms with Crippen LogP contribution in [-0.2, 0) is 4.74 Å².